The molecule has 1 aliphatic rings. The third kappa shape index (κ3) is 3.47. The first-order chi connectivity index (χ1) is 11.7. The van der Waals surface area contributed by atoms with E-state index in [1.165, 1.54) is 6.07 Å². The number of benzene rings is 2. The van der Waals surface area contributed by atoms with Crippen LogP contribution in [0.3, 0.4) is 0 Å². The first kappa shape index (κ1) is 15.8. The Kier molecular flexibility index (Phi) is 4.64. The summed E-state index contributed by atoms with van der Waals surface area (Å²) in [6, 6.07) is 13.7. The van der Waals surface area contributed by atoms with Gasteiger partial charge >= 0.3 is 0 Å². The van der Waals surface area contributed by atoms with E-state index >= 15 is 0 Å². The number of ether oxygens (including phenoxy) is 2. The number of fused-ring (bicyclic) bond motifs is 1. The second-order valence-electron chi connectivity index (χ2n) is 5.37. The Hall–Kier alpha value is -3.04. The van der Waals surface area contributed by atoms with Gasteiger partial charge in [0.25, 0.3) is 5.91 Å². The molecule has 0 unspecified atom stereocenters. The SMILES string of the molecule is N#Cc1cccc(C(=O)NCC[C@@H](O)c2ccc3c(c2)OCO3)c1. The summed E-state index contributed by atoms with van der Waals surface area (Å²) in [4.78, 5) is 12.0. The molecule has 0 bridgehead atoms. The molecular weight excluding hydrogens is 308 g/mol. The number of carbonyl (C=O) groups is 1. The minimum absolute atomic E-state index is 0.187. The van der Waals surface area contributed by atoms with Gasteiger partial charge in [0.2, 0.25) is 6.79 Å². The third-order valence-electron chi connectivity index (χ3n) is 3.74. The van der Waals surface area contributed by atoms with Crippen LogP contribution < -0.4 is 14.8 Å². The van der Waals surface area contributed by atoms with Crippen LogP contribution in [0.25, 0.3) is 0 Å². The molecule has 0 radical (unpaired) electrons. The van der Waals surface area contributed by atoms with E-state index in [9.17, 15) is 9.90 Å². The van der Waals surface area contributed by atoms with E-state index < -0.39 is 6.10 Å². The number of aliphatic hydroxyl groups excluding tert-OH is 1. The van der Waals surface area contributed by atoms with Gasteiger partial charge in [0.05, 0.1) is 17.7 Å². The topological polar surface area (TPSA) is 91.6 Å². The molecule has 2 aromatic carbocycles. The molecule has 24 heavy (non-hydrogen) atoms. The molecule has 0 saturated carbocycles. The highest BCUT2D eigenvalue weighted by Crippen LogP contribution is 2.34. The van der Waals surface area contributed by atoms with Crippen molar-refractivity contribution in [1.29, 1.82) is 5.26 Å². The summed E-state index contributed by atoms with van der Waals surface area (Å²) in [6.45, 7) is 0.498. The number of amides is 1. The van der Waals surface area contributed by atoms with E-state index in [4.69, 9.17) is 14.7 Å². The maximum absolute atomic E-state index is 12.0. The van der Waals surface area contributed by atoms with Gasteiger partial charge in [0, 0.05) is 12.1 Å². The first-order valence-corrected chi connectivity index (χ1v) is 7.53. The van der Waals surface area contributed by atoms with Crippen LogP contribution in [-0.4, -0.2) is 24.4 Å². The summed E-state index contributed by atoms with van der Waals surface area (Å²) in [7, 11) is 0. The Bertz CT molecular complexity index is 798. The van der Waals surface area contributed by atoms with Gasteiger partial charge in [-0.3, -0.25) is 4.79 Å². The largest absolute Gasteiger partial charge is 0.454 e. The van der Waals surface area contributed by atoms with Crippen LogP contribution in [0.2, 0.25) is 0 Å². The van der Waals surface area contributed by atoms with Gasteiger partial charge in [-0.2, -0.15) is 5.26 Å². The van der Waals surface area contributed by atoms with E-state index in [-0.39, 0.29) is 12.7 Å². The quantitative estimate of drug-likeness (QED) is 0.879. The number of rotatable bonds is 5. The Balaban J connectivity index is 1.54. The highest BCUT2D eigenvalue weighted by molar-refractivity contribution is 5.94. The molecule has 1 amide bonds. The van der Waals surface area contributed by atoms with Crippen molar-refractivity contribution in [2.24, 2.45) is 0 Å². The molecule has 0 aliphatic carbocycles. The maximum atomic E-state index is 12.0. The summed E-state index contributed by atoms with van der Waals surface area (Å²) in [6.07, 6.45) is -0.353. The van der Waals surface area contributed by atoms with Crippen molar-refractivity contribution in [3.05, 3.63) is 59.2 Å². The highest BCUT2D eigenvalue weighted by Gasteiger charge is 2.16. The van der Waals surface area contributed by atoms with Crippen molar-refractivity contribution >= 4 is 5.91 Å². The molecule has 0 saturated heterocycles. The minimum atomic E-state index is -0.717. The zero-order valence-corrected chi connectivity index (χ0v) is 12.9. The minimum Gasteiger partial charge on any atom is -0.454 e. The van der Waals surface area contributed by atoms with E-state index in [1.54, 1.807) is 36.4 Å². The number of aliphatic hydroxyl groups is 1. The van der Waals surface area contributed by atoms with E-state index in [0.717, 1.165) is 0 Å². The van der Waals surface area contributed by atoms with Gasteiger partial charge in [0.1, 0.15) is 0 Å². The second-order valence-corrected chi connectivity index (χ2v) is 5.37. The third-order valence-corrected chi connectivity index (χ3v) is 3.74. The molecule has 1 atom stereocenters. The van der Waals surface area contributed by atoms with E-state index in [1.807, 2.05) is 6.07 Å². The van der Waals surface area contributed by atoms with Crippen molar-refractivity contribution < 1.29 is 19.4 Å². The van der Waals surface area contributed by atoms with E-state index in [2.05, 4.69) is 5.32 Å². The molecule has 2 N–H and O–H groups in total. The molecule has 1 heterocycles. The molecule has 0 spiro atoms. The molecule has 0 fully saturated rings. The molecule has 1 aliphatic heterocycles. The van der Waals surface area contributed by atoms with Crippen molar-refractivity contribution in [3.8, 4) is 17.6 Å². The Morgan fingerprint density at radius 3 is 2.92 bits per heavy atom. The lowest BCUT2D eigenvalue weighted by atomic mass is 10.1. The van der Waals surface area contributed by atoms with Crippen LogP contribution in [0.5, 0.6) is 11.5 Å². The Morgan fingerprint density at radius 1 is 1.25 bits per heavy atom. The Morgan fingerprint density at radius 2 is 2.08 bits per heavy atom. The average Bonchev–Trinajstić information content (AvgIpc) is 3.09. The van der Waals surface area contributed by atoms with Crippen LogP contribution in [0, 0.1) is 11.3 Å². The average molecular weight is 324 g/mol. The molecule has 0 aromatic heterocycles. The number of nitrogens with one attached hydrogen (secondary N) is 1. The first-order valence-electron chi connectivity index (χ1n) is 7.53. The number of nitriles is 1. The normalized spacial score (nSPS) is 13.2. The predicted molar refractivity (Wildman–Crippen MR) is 85.6 cm³/mol. The summed E-state index contributed by atoms with van der Waals surface area (Å²) < 4.78 is 10.5. The smallest absolute Gasteiger partial charge is 0.251 e. The predicted octanol–water partition coefficient (Wildman–Crippen LogP) is 2.14. The van der Waals surface area contributed by atoms with Crippen LogP contribution in [0.1, 0.15) is 34.0 Å². The number of carbonyl (C=O) groups excluding carboxylic acids is 1. The van der Waals surface area contributed by atoms with Crippen LogP contribution in [-0.2, 0) is 0 Å². The fraction of sp³-hybridized carbons (Fsp3) is 0.222. The monoisotopic (exact) mass is 324 g/mol. The van der Waals surface area contributed by atoms with E-state index in [0.29, 0.717) is 41.2 Å². The van der Waals surface area contributed by atoms with Crippen molar-refractivity contribution in [2.45, 2.75) is 12.5 Å². The zero-order chi connectivity index (χ0) is 16.9. The lowest BCUT2D eigenvalue weighted by Gasteiger charge is -2.12. The van der Waals surface area contributed by atoms with Crippen LogP contribution in [0.15, 0.2) is 42.5 Å². The molecule has 3 rings (SSSR count). The molecule has 6 heteroatoms. The second kappa shape index (κ2) is 7.02. The summed E-state index contributed by atoms with van der Waals surface area (Å²) in [5.41, 5.74) is 1.56. The van der Waals surface area contributed by atoms with Gasteiger partial charge in [-0.15, -0.1) is 0 Å². The van der Waals surface area contributed by atoms with Gasteiger partial charge in [-0.25, -0.2) is 0 Å². The van der Waals surface area contributed by atoms with Crippen molar-refractivity contribution in [2.75, 3.05) is 13.3 Å². The fourth-order valence-electron chi connectivity index (χ4n) is 2.44. The van der Waals surface area contributed by atoms with Crippen molar-refractivity contribution in [1.82, 2.24) is 5.32 Å². The standard InChI is InChI=1S/C18H16N2O4/c19-10-12-2-1-3-14(8-12)18(22)20-7-6-15(21)13-4-5-16-17(9-13)24-11-23-16/h1-5,8-9,15,21H,6-7,11H2,(H,20,22)/t15-/m1/s1. The molecule has 6 nitrogen and oxygen atoms in total. The van der Waals surface area contributed by atoms with Gasteiger partial charge in [0.15, 0.2) is 11.5 Å². The molecule has 2 aromatic rings. The number of hydrogen-bond acceptors (Lipinski definition) is 5. The van der Waals surface area contributed by atoms with Crippen LogP contribution in [0.4, 0.5) is 0 Å². The van der Waals surface area contributed by atoms with Crippen molar-refractivity contribution in [3.63, 3.8) is 0 Å². The molecular formula is C18H16N2O4. The summed E-state index contributed by atoms with van der Waals surface area (Å²) in [5, 5.41) is 21.8. The highest BCUT2D eigenvalue weighted by atomic mass is 16.7. The lowest BCUT2D eigenvalue weighted by molar-refractivity contribution is 0.0942. The lowest BCUT2D eigenvalue weighted by Crippen LogP contribution is -2.25. The maximum Gasteiger partial charge on any atom is 0.251 e. The Labute approximate surface area is 139 Å². The zero-order valence-electron chi connectivity index (χ0n) is 12.9. The number of hydrogen-bond donors (Lipinski definition) is 2. The van der Waals surface area contributed by atoms with Gasteiger partial charge < -0.3 is 19.9 Å². The van der Waals surface area contributed by atoms with Gasteiger partial charge in [-0.1, -0.05) is 12.1 Å². The summed E-state index contributed by atoms with van der Waals surface area (Å²) in [5.74, 6) is 1.01. The van der Waals surface area contributed by atoms with Gasteiger partial charge in [-0.05, 0) is 42.3 Å². The fourth-order valence-corrected chi connectivity index (χ4v) is 2.44. The number of nitrogens with zero attached hydrogens (tertiary/aromatic N) is 1. The summed E-state index contributed by atoms with van der Waals surface area (Å²) >= 11 is 0. The van der Waals surface area contributed by atoms with Crippen LogP contribution >= 0.6 is 0 Å². The molecule has 122 valence electrons.